The number of amidine groups is 1. The monoisotopic (exact) mass is 369 g/mol. The number of thioether (sulfide) groups is 1. The van der Waals surface area contributed by atoms with Gasteiger partial charge in [0.2, 0.25) is 0 Å². The first-order valence-corrected chi connectivity index (χ1v) is 10.3. The van der Waals surface area contributed by atoms with Crippen molar-refractivity contribution in [3.05, 3.63) is 29.8 Å². The van der Waals surface area contributed by atoms with Crippen molar-refractivity contribution in [2.24, 2.45) is 4.99 Å². The molecule has 1 aromatic carbocycles. The van der Waals surface area contributed by atoms with Crippen LogP contribution in [0, 0.1) is 0 Å². The topological polar surface area (TPSA) is 96.9 Å². The number of ether oxygens (including phenoxy) is 1. The molecule has 1 fully saturated rings. The lowest BCUT2D eigenvalue weighted by molar-refractivity contribution is 0.0937. The van der Waals surface area contributed by atoms with Crippen LogP contribution in [0.15, 0.2) is 29.3 Å². The van der Waals surface area contributed by atoms with Gasteiger partial charge in [0.1, 0.15) is 0 Å². The van der Waals surface area contributed by atoms with E-state index in [4.69, 9.17) is 4.74 Å². The van der Waals surface area contributed by atoms with Crippen LogP contribution in [-0.4, -0.2) is 62.6 Å². The maximum Gasteiger partial charge on any atom is 0.251 e. The molecular weight excluding hydrogens is 350 g/mol. The molecule has 0 aliphatic carbocycles. The van der Waals surface area contributed by atoms with Crippen LogP contribution in [0.4, 0.5) is 5.69 Å². The van der Waals surface area contributed by atoms with Gasteiger partial charge in [-0.05, 0) is 24.3 Å². The Kier molecular flexibility index (Phi) is 5.12. The molecule has 1 amide bonds. The Morgan fingerprint density at radius 3 is 2.75 bits per heavy atom. The summed E-state index contributed by atoms with van der Waals surface area (Å²) in [6.45, 7) is 0.939. The van der Waals surface area contributed by atoms with Gasteiger partial charge in [-0.25, -0.2) is 8.42 Å². The molecule has 130 valence electrons. The van der Waals surface area contributed by atoms with E-state index >= 15 is 0 Å². The molecule has 9 heteroatoms. The van der Waals surface area contributed by atoms with Crippen molar-refractivity contribution in [2.45, 2.75) is 11.3 Å². The van der Waals surface area contributed by atoms with Gasteiger partial charge in [-0.1, -0.05) is 11.8 Å². The molecule has 2 N–H and O–H groups in total. The van der Waals surface area contributed by atoms with Gasteiger partial charge in [0, 0.05) is 30.2 Å². The molecule has 1 saturated heterocycles. The van der Waals surface area contributed by atoms with Gasteiger partial charge >= 0.3 is 0 Å². The highest BCUT2D eigenvalue weighted by Gasteiger charge is 2.42. The number of nitrogens with one attached hydrogen (secondary N) is 2. The van der Waals surface area contributed by atoms with Crippen LogP contribution in [0.25, 0.3) is 0 Å². The fourth-order valence-corrected chi connectivity index (χ4v) is 6.29. The minimum absolute atomic E-state index is 0.0170. The molecule has 2 aliphatic rings. The smallest absolute Gasteiger partial charge is 0.251 e. The predicted molar refractivity (Wildman–Crippen MR) is 95.5 cm³/mol. The summed E-state index contributed by atoms with van der Waals surface area (Å²) in [6.07, 6.45) is 0. The largest absolute Gasteiger partial charge is 0.383 e. The summed E-state index contributed by atoms with van der Waals surface area (Å²) >= 11 is 1.47. The van der Waals surface area contributed by atoms with Crippen molar-refractivity contribution in [3.8, 4) is 0 Å². The summed E-state index contributed by atoms with van der Waals surface area (Å²) in [6, 6.07) is 6.93. The first kappa shape index (κ1) is 17.2. The number of sulfone groups is 1. The minimum atomic E-state index is -2.94. The van der Waals surface area contributed by atoms with Gasteiger partial charge < -0.3 is 15.4 Å². The first-order chi connectivity index (χ1) is 11.5. The van der Waals surface area contributed by atoms with Crippen LogP contribution in [0.5, 0.6) is 0 Å². The molecule has 2 heterocycles. The number of anilines is 1. The fraction of sp³-hybridized carbons (Fsp3) is 0.467. The van der Waals surface area contributed by atoms with Crippen LogP contribution in [0.1, 0.15) is 10.4 Å². The number of carbonyl (C=O) groups excluding carboxylic acids is 1. The van der Waals surface area contributed by atoms with Gasteiger partial charge in [-0.2, -0.15) is 0 Å². The van der Waals surface area contributed by atoms with Crippen LogP contribution < -0.4 is 10.6 Å². The third kappa shape index (κ3) is 4.08. The third-order valence-corrected chi connectivity index (χ3v) is 6.95. The Morgan fingerprint density at radius 2 is 2.08 bits per heavy atom. The molecule has 0 aromatic heterocycles. The number of benzene rings is 1. The lowest BCUT2D eigenvalue weighted by Gasteiger charge is -2.08. The zero-order valence-electron chi connectivity index (χ0n) is 13.2. The molecule has 2 aliphatic heterocycles. The molecule has 2 unspecified atom stereocenters. The number of carbonyl (C=O) groups is 1. The number of methoxy groups -OCH3 is 1. The Labute approximate surface area is 145 Å². The van der Waals surface area contributed by atoms with E-state index in [1.54, 1.807) is 31.4 Å². The Morgan fingerprint density at radius 1 is 1.33 bits per heavy atom. The van der Waals surface area contributed by atoms with E-state index in [9.17, 15) is 13.2 Å². The summed E-state index contributed by atoms with van der Waals surface area (Å²) in [4.78, 5) is 16.3. The van der Waals surface area contributed by atoms with Crippen molar-refractivity contribution >= 4 is 38.4 Å². The summed E-state index contributed by atoms with van der Waals surface area (Å²) in [7, 11) is -1.35. The molecule has 0 bridgehead atoms. The summed E-state index contributed by atoms with van der Waals surface area (Å²) < 4.78 is 28.0. The second-order valence-electron chi connectivity index (χ2n) is 5.69. The van der Waals surface area contributed by atoms with E-state index in [-0.39, 0.29) is 28.7 Å². The van der Waals surface area contributed by atoms with Gasteiger partial charge in [0.15, 0.2) is 15.0 Å². The van der Waals surface area contributed by atoms with Crippen molar-refractivity contribution in [1.82, 2.24) is 5.32 Å². The Hall–Kier alpha value is -1.58. The van der Waals surface area contributed by atoms with Crippen molar-refractivity contribution < 1.29 is 17.9 Å². The highest BCUT2D eigenvalue weighted by molar-refractivity contribution is 8.15. The number of rotatable bonds is 5. The van der Waals surface area contributed by atoms with E-state index in [1.807, 2.05) is 0 Å². The number of aliphatic imine (C=N–C) groups is 1. The van der Waals surface area contributed by atoms with E-state index in [0.717, 1.165) is 10.9 Å². The van der Waals surface area contributed by atoms with Crippen LogP contribution in [0.3, 0.4) is 0 Å². The number of nitrogens with zero attached hydrogens (tertiary/aromatic N) is 1. The second kappa shape index (κ2) is 7.12. The molecule has 0 saturated carbocycles. The molecule has 0 spiro atoms. The molecule has 24 heavy (non-hydrogen) atoms. The molecule has 3 rings (SSSR count). The molecular formula is C15H19N3O4S2. The average Bonchev–Trinajstić information content (AvgIpc) is 3.00. The van der Waals surface area contributed by atoms with Crippen molar-refractivity contribution in [2.75, 3.05) is 37.1 Å². The van der Waals surface area contributed by atoms with E-state index in [2.05, 4.69) is 15.6 Å². The molecule has 7 nitrogen and oxygen atoms in total. The number of hydrogen-bond acceptors (Lipinski definition) is 7. The van der Waals surface area contributed by atoms with Crippen LogP contribution in [-0.2, 0) is 14.6 Å². The molecule has 1 aromatic rings. The number of hydrogen-bond donors (Lipinski definition) is 2. The van der Waals surface area contributed by atoms with Crippen molar-refractivity contribution in [1.29, 1.82) is 0 Å². The van der Waals surface area contributed by atoms with Gasteiger partial charge in [0.25, 0.3) is 5.91 Å². The Bertz CT molecular complexity index is 746. The lowest BCUT2D eigenvalue weighted by atomic mass is 10.2. The van der Waals surface area contributed by atoms with Crippen LogP contribution in [0.2, 0.25) is 0 Å². The molecule has 0 radical (unpaired) electrons. The quantitative estimate of drug-likeness (QED) is 0.743. The molecule has 2 atom stereocenters. The first-order valence-electron chi connectivity index (χ1n) is 7.56. The second-order valence-corrected chi connectivity index (χ2v) is 9.07. The SMILES string of the molecule is COCCNC(=O)c1ccc(NC2=NC3CS(=O)(=O)CC3S2)cc1. The summed E-state index contributed by atoms with van der Waals surface area (Å²) in [5.41, 5.74) is 1.39. The number of fused-ring (bicyclic) bond motifs is 1. The average molecular weight is 369 g/mol. The zero-order chi connectivity index (χ0) is 17.2. The highest BCUT2D eigenvalue weighted by atomic mass is 32.2. The maximum atomic E-state index is 11.9. The standard InChI is InChI=1S/C15H19N3O4S2/c1-22-7-6-16-14(19)10-2-4-11(5-3-10)17-15-18-12-8-24(20,21)9-13(12)23-15/h2-5,12-13H,6-9H2,1H3,(H,16,19)(H,17,18). The lowest BCUT2D eigenvalue weighted by Crippen LogP contribution is -2.26. The predicted octanol–water partition coefficient (Wildman–Crippen LogP) is 0.743. The zero-order valence-corrected chi connectivity index (χ0v) is 14.8. The van der Waals surface area contributed by atoms with E-state index < -0.39 is 9.84 Å². The normalized spacial score (nSPS) is 24.3. The van der Waals surface area contributed by atoms with Crippen molar-refractivity contribution in [3.63, 3.8) is 0 Å². The summed E-state index contributed by atoms with van der Waals surface area (Å²) in [5, 5.41) is 6.69. The minimum Gasteiger partial charge on any atom is -0.383 e. The maximum absolute atomic E-state index is 11.9. The summed E-state index contributed by atoms with van der Waals surface area (Å²) in [5.74, 6) is 0.180. The number of amides is 1. The highest BCUT2D eigenvalue weighted by Crippen LogP contribution is 2.34. The van der Waals surface area contributed by atoms with E-state index in [1.165, 1.54) is 11.8 Å². The Balaban J connectivity index is 1.57. The van der Waals surface area contributed by atoms with E-state index in [0.29, 0.717) is 18.7 Å². The van der Waals surface area contributed by atoms with Crippen LogP contribution >= 0.6 is 11.8 Å². The third-order valence-electron chi connectivity index (χ3n) is 3.81. The van der Waals surface area contributed by atoms with Gasteiger partial charge in [-0.3, -0.25) is 9.79 Å². The van der Waals surface area contributed by atoms with Gasteiger partial charge in [0.05, 0.1) is 24.2 Å². The van der Waals surface area contributed by atoms with Gasteiger partial charge in [-0.15, -0.1) is 0 Å². The fourth-order valence-electron chi connectivity index (χ4n) is 2.61.